The third kappa shape index (κ3) is 4.99. The highest BCUT2D eigenvalue weighted by Crippen LogP contribution is 2.37. The van der Waals surface area contributed by atoms with Crippen LogP contribution < -0.4 is 10.1 Å². The van der Waals surface area contributed by atoms with E-state index in [0.29, 0.717) is 29.6 Å². The van der Waals surface area contributed by atoms with Crippen LogP contribution in [0.1, 0.15) is 61.3 Å². The lowest BCUT2D eigenvalue weighted by molar-refractivity contribution is 0.0931. The van der Waals surface area contributed by atoms with Crippen LogP contribution in [0.3, 0.4) is 0 Å². The van der Waals surface area contributed by atoms with Gasteiger partial charge in [0.15, 0.2) is 0 Å². The lowest BCUT2D eigenvalue weighted by Crippen LogP contribution is -2.29. The molecule has 1 amide bonds. The highest BCUT2D eigenvalue weighted by atomic mass is 16.5. The number of carbonyl (C=O) groups is 1. The van der Waals surface area contributed by atoms with Crippen molar-refractivity contribution in [3.8, 4) is 28.4 Å². The zero-order chi connectivity index (χ0) is 24.9. The number of nitrogens with zero attached hydrogens (tertiary/aromatic N) is 2. The molecule has 5 heteroatoms. The van der Waals surface area contributed by atoms with Gasteiger partial charge in [0.2, 0.25) is 0 Å². The molecule has 0 bridgehead atoms. The number of hydrogen-bond acceptors (Lipinski definition) is 3. The van der Waals surface area contributed by atoms with E-state index in [-0.39, 0.29) is 11.9 Å². The number of rotatable bonds is 8. The predicted octanol–water partition coefficient (Wildman–Crippen LogP) is 6.86. The maximum absolute atomic E-state index is 13.9. The van der Waals surface area contributed by atoms with Crippen LogP contribution in [0.4, 0.5) is 0 Å². The van der Waals surface area contributed by atoms with Gasteiger partial charge in [0, 0.05) is 17.7 Å². The minimum atomic E-state index is -0.162. The number of methoxy groups -OCH3 is 1. The largest absolute Gasteiger partial charge is 0.496 e. The molecule has 0 saturated heterocycles. The Morgan fingerprint density at radius 3 is 2.20 bits per heavy atom. The minimum absolute atomic E-state index is 0.152. The first-order chi connectivity index (χ1) is 16.9. The van der Waals surface area contributed by atoms with Crippen LogP contribution in [0, 0.1) is 0 Å². The summed E-state index contributed by atoms with van der Waals surface area (Å²) in [6, 6.07) is 26.0. The number of ether oxygens (including phenoxy) is 1. The first kappa shape index (κ1) is 24.3. The molecule has 0 fully saturated rings. The van der Waals surface area contributed by atoms with Crippen LogP contribution >= 0.6 is 0 Å². The molecule has 4 aromatic rings. The van der Waals surface area contributed by atoms with Crippen LogP contribution in [-0.2, 0) is 6.54 Å². The summed E-state index contributed by atoms with van der Waals surface area (Å²) in [6.45, 7) is 8.95. The Hall–Kier alpha value is -3.86. The van der Waals surface area contributed by atoms with Gasteiger partial charge in [-0.05, 0) is 43.0 Å². The minimum Gasteiger partial charge on any atom is -0.496 e. The second-order valence-electron chi connectivity index (χ2n) is 8.96. The summed E-state index contributed by atoms with van der Waals surface area (Å²) < 4.78 is 7.73. The average molecular weight is 468 g/mol. The van der Waals surface area contributed by atoms with Crippen LogP contribution in [0.15, 0.2) is 78.9 Å². The van der Waals surface area contributed by atoms with Crippen LogP contribution in [0.5, 0.6) is 5.75 Å². The molecule has 3 aromatic carbocycles. The molecule has 0 aliphatic carbocycles. The Morgan fingerprint density at radius 1 is 0.943 bits per heavy atom. The third-order valence-corrected chi connectivity index (χ3v) is 6.32. The Bertz CT molecular complexity index is 1290. The van der Waals surface area contributed by atoms with Crippen molar-refractivity contribution in [2.45, 2.75) is 46.2 Å². The first-order valence-electron chi connectivity index (χ1n) is 12.1. The monoisotopic (exact) mass is 467 g/mol. The van der Waals surface area contributed by atoms with E-state index < -0.39 is 0 Å². The molecule has 1 aromatic heterocycles. The second-order valence-corrected chi connectivity index (χ2v) is 8.96. The smallest absolute Gasteiger partial charge is 0.270 e. The van der Waals surface area contributed by atoms with Gasteiger partial charge >= 0.3 is 0 Å². The van der Waals surface area contributed by atoms with E-state index in [2.05, 4.69) is 31.3 Å². The number of aromatic nitrogens is 2. The summed E-state index contributed by atoms with van der Waals surface area (Å²) in [5.41, 5.74) is 5.16. The molecule has 1 heterocycles. The van der Waals surface area contributed by atoms with Crippen molar-refractivity contribution >= 4 is 5.91 Å². The van der Waals surface area contributed by atoms with E-state index in [0.717, 1.165) is 28.1 Å². The molecule has 1 atom stereocenters. The van der Waals surface area contributed by atoms with Gasteiger partial charge in [0.25, 0.3) is 5.91 Å². The summed E-state index contributed by atoms with van der Waals surface area (Å²) in [5.74, 6) is 1.62. The number of benzene rings is 3. The molecule has 180 valence electrons. The molecule has 4 rings (SSSR count). The molecule has 1 unspecified atom stereocenters. The van der Waals surface area contributed by atoms with Crippen molar-refractivity contribution < 1.29 is 9.53 Å². The Balaban J connectivity index is 1.90. The Kier molecular flexibility index (Phi) is 7.35. The summed E-state index contributed by atoms with van der Waals surface area (Å²) in [4.78, 5) is 18.9. The van der Waals surface area contributed by atoms with E-state index in [1.54, 1.807) is 7.11 Å². The predicted molar refractivity (Wildman–Crippen MR) is 142 cm³/mol. The van der Waals surface area contributed by atoms with Gasteiger partial charge in [0.1, 0.15) is 23.0 Å². The Morgan fingerprint density at radius 2 is 1.60 bits per heavy atom. The molecule has 0 aliphatic rings. The average Bonchev–Trinajstić information content (AvgIpc) is 3.29. The maximum Gasteiger partial charge on any atom is 0.270 e. The van der Waals surface area contributed by atoms with E-state index in [1.807, 2.05) is 85.1 Å². The molecule has 0 aliphatic heterocycles. The van der Waals surface area contributed by atoms with E-state index >= 15 is 0 Å². The van der Waals surface area contributed by atoms with Gasteiger partial charge in [-0.3, -0.25) is 4.79 Å². The molecule has 35 heavy (non-hydrogen) atoms. The second kappa shape index (κ2) is 10.6. The fraction of sp³-hybridized carbons (Fsp3) is 0.267. The van der Waals surface area contributed by atoms with Crippen molar-refractivity contribution in [3.63, 3.8) is 0 Å². The fourth-order valence-electron chi connectivity index (χ4n) is 4.35. The van der Waals surface area contributed by atoms with Crippen molar-refractivity contribution in [2.75, 3.05) is 7.11 Å². The zero-order valence-corrected chi connectivity index (χ0v) is 21.1. The number of nitrogens with one attached hydrogen (secondary N) is 1. The summed E-state index contributed by atoms with van der Waals surface area (Å²) in [5, 5.41) is 3.20. The van der Waals surface area contributed by atoms with Gasteiger partial charge in [-0.2, -0.15) is 0 Å². The van der Waals surface area contributed by atoms with Crippen molar-refractivity contribution in [2.24, 2.45) is 0 Å². The fourth-order valence-corrected chi connectivity index (χ4v) is 4.35. The number of imidazole rings is 1. The van der Waals surface area contributed by atoms with Gasteiger partial charge in [-0.25, -0.2) is 4.98 Å². The quantitative estimate of drug-likeness (QED) is 0.308. The van der Waals surface area contributed by atoms with Gasteiger partial charge in [0.05, 0.1) is 13.2 Å². The van der Waals surface area contributed by atoms with Crippen LogP contribution in [0.2, 0.25) is 0 Å². The zero-order valence-electron chi connectivity index (χ0n) is 21.1. The molecule has 5 nitrogen and oxygen atoms in total. The number of amides is 1. The standard InChI is InChI=1S/C30H33N3O2/c1-6-33-28(30(34)31-21(4)22-13-9-7-10-14-22)27(32-29(33)23-15-11-8-12-16-23)25-19-24(20(2)3)17-18-26(25)35-5/h7-21H,6H2,1-5H3,(H,31,34). The topological polar surface area (TPSA) is 56.2 Å². The summed E-state index contributed by atoms with van der Waals surface area (Å²) in [7, 11) is 1.65. The Labute approximate surface area is 207 Å². The molecular formula is C30H33N3O2. The molecular weight excluding hydrogens is 434 g/mol. The van der Waals surface area contributed by atoms with E-state index in [1.165, 1.54) is 0 Å². The highest BCUT2D eigenvalue weighted by molar-refractivity contribution is 6.00. The van der Waals surface area contributed by atoms with Gasteiger partial charge < -0.3 is 14.6 Å². The normalized spacial score (nSPS) is 11.9. The number of hydrogen-bond donors (Lipinski definition) is 1. The van der Waals surface area contributed by atoms with Crippen molar-refractivity contribution in [1.82, 2.24) is 14.9 Å². The molecule has 0 radical (unpaired) electrons. The van der Waals surface area contributed by atoms with Crippen LogP contribution in [-0.4, -0.2) is 22.6 Å². The lowest BCUT2D eigenvalue weighted by atomic mass is 9.98. The van der Waals surface area contributed by atoms with E-state index in [9.17, 15) is 4.79 Å². The molecule has 0 spiro atoms. The summed E-state index contributed by atoms with van der Waals surface area (Å²) in [6.07, 6.45) is 0. The third-order valence-electron chi connectivity index (χ3n) is 6.32. The van der Waals surface area contributed by atoms with E-state index in [4.69, 9.17) is 9.72 Å². The highest BCUT2D eigenvalue weighted by Gasteiger charge is 2.27. The SMILES string of the molecule is CCn1c(-c2ccccc2)nc(-c2cc(C(C)C)ccc2OC)c1C(=O)NC(C)c1ccccc1. The maximum atomic E-state index is 13.9. The molecule has 0 saturated carbocycles. The van der Waals surface area contributed by atoms with Crippen LogP contribution in [0.25, 0.3) is 22.6 Å². The number of carbonyl (C=O) groups excluding carboxylic acids is 1. The van der Waals surface area contributed by atoms with Gasteiger partial charge in [-0.15, -0.1) is 0 Å². The van der Waals surface area contributed by atoms with Crippen molar-refractivity contribution in [1.29, 1.82) is 0 Å². The lowest BCUT2D eigenvalue weighted by Gasteiger charge is -2.17. The van der Waals surface area contributed by atoms with Gasteiger partial charge in [-0.1, -0.05) is 80.6 Å². The van der Waals surface area contributed by atoms with Crippen molar-refractivity contribution in [3.05, 3.63) is 95.7 Å². The molecule has 1 N–H and O–H groups in total. The summed E-state index contributed by atoms with van der Waals surface area (Å²) >= 11 is 0. The first-order valence-corrected chi connectivity index (χ1v) is 12.1.